The second-order valence-corrected chi connectivity index (χ2v) is 8.27. The Morgan fingerprint density at radius 2 is 2.15 bits per heavy atom. The standard InChI is InChI=1S/C17H26F2N4O3S/c1-3-20-17(21-7-9-23-8-4-10-27(23,24)25)22-12-14-11-13(2)5-6-15(14)26-16(18)19/h5-6,11,16H,3-4,7-10,12H2,1-2H3,(H2,20,21,22). The van der Waals surface area contributed by atoms with Gasteiger partial charge in [0.15, 0.2) is 5.96 Å². The molecule has 1 fully saturated rings. The van der Waals surface area contributed by atoms with Crippen LogP contribution in [0.15, 0.2) is 23.2 Å². The molecule has 1 saturated heterocycles. The third kappa shape index (κ3) is 6.62. The van der Waals surface area contributed by atoms with E-state index in [1.54, 1.807) is 12.1 Å². The molecule has 0 aliphatic carbocycles. The maximum absolute atomic E-state index is 12.6. The van der Waals surface area contributed by atoms with Gasteiger partial charge in [0.05, 0.1) is 12.3 Å². The number of sulfonamides is 1. The van der Waals surface area contributed by atoms with Crippen LogP contribution in [0.1, 0.15) is 24.5 Å². The second-order valence-electron chi connectivity index (χ2n) is 6.18. The third-order valence-corrected chi connectivity index (χ3v) is 6.00. The van der Waals surface area contributed by atoms with Crippen molar-refractivity contribution in [3.63, 3.8) is 0 Å². The summed E-state index contributed by atoms with van der Waals surface area (Å²) < 4.78 is 54.7. The predicted octanol–water partition coefficient (Wildman–Crippen LogP) is 1.69. The summed E-state index contributed by atoms with van der Waals surface area (Å²) in [4.78, 5) is 4.39. The number of benzene rings is 1. The quantitative estimate of drug-likeness (QED) is 0.509. The molecule has 1 aromatic carbocycles. The molecule has 0 unspecified atom stereocenters. The average Bonchev–Trinajstić information content (AvgIpc) is 2.93. The molecule has 1 aromatic rings. The van der Waals surface area contributed by atoms with Crippen molar-refractivity contribution in [2.45, 2.75) is 33.4 Å². The van der Waals surface area contributed by atoms with Crippen molar-refractivity contribution < 1.29 is 21.9 Å². The van der Waals surface area contributed by atoms with Gasteiger partial charge in [0.25, 0.3) is 0 Å². The van der Waals surface area contributed by atoms with Crippen molar-refractivity contribution in [1.82, 2.24) is 14.9 Å². The van der Waals surface area contributed by atoms with E-state index in [1.807, 2.05) is 13.8 Å². The van der Waals surface area contributed by atoms with E-state index in [0.29, 0.717) is 44.1 Å². The minimum Gasteiger partial charge on any atom is -0.434 e. The fourth-order valence-electron chi connectivity index (χ4n) is 2.79. The first-order chi connectivity index (χ1) is 12.8. The second kappa shape index (κ2) is 9.84. The van der Waals surface area contributed by atoms with Gasteiger partial charge in [-0.3, -0.25) is 0 Å². The van der Waals surface area contributed by atoms with Gasteiger partial charge in [0, 0.05) is 31.7 Å². The van der Waals surface area contributed by atoms with E-state index in [2.05, 4.69) is 20.4 Å². The summed E-state index contributed by atoms with van der Waals surface area (Å²) in [5.41, 5.74) is 1.47. The zero-order chi connectivity index (χ0) is 19.9. The molecule has 0 radical (unpaired) electrons. The first-order valence-corrected chi connectivity index (χ1v) is 10.5. The number of hydrogen-bond acceptors (Lipinski definition) is 4. The average molecular weight is 404 g/mol. The van der Waals surface area contributed by atoms with Crippen molar-refractivity contribution in [1.29, 1.82) is 0 Å². The Labute approximate surface area is 158 Å². The van der Waals surface area contributed by atoms with E-state index in [9.17, 15) is 17.2 Å². The maximum Gasteiger partial charge on any atom is 0.387 e. The number of aliphatic imine (C=N–C) groups is 1. The summed E-state index contributed by atoms with van der Waals surface area (Å²) in [6, 6.07) is 4.96. The molecule has 0 spiro atoms. The summed E-state index contributed by atoms with van der Waals surface area (Å²) in [7, 11) is -3.13. The van der Waals surface area contributed by atoms with Crippen LogP contribution in [-0.2, 0) is 16.6 Å². The van der Waals surface area contributed by atoms with Crippen LogP contribution in [-0.4, -0.2) is 57.2 Å². The number of aryl methyl sites for hydroxylation is 1. The third-order valence-electron chi connectivity index (χ3n) is 4.04. The maximum atomic E-state index is 12.6. The summed E-state index contributed by atoms with van der Waals surface area (Å²) in [6.45, 7) is 2.93. The number of nitrogens with zero attached hydrogens (tertiary/aromatic N) is 2. The van der Waals surface area contributed by atoms with Crippen LogP contribution in [0.4, 0.5) is 8.78 Å². The highest BCUT2D eigenvalue weighted by Gasteiger charge is 2.27. The Balaban J connectivity index is 1.99. The minimum absolute atomic E-state index is 0.0957. The van der Waals surface area contributed by atoms with Crippen molar-refractivity contribution in [3.8, 4) is 5.75 Å². The van der Waals surface area contributed by atoms with Gasteiger partial charge in [0.1, 0.15) is 5.75 Å². The van der Waals surface area contributed by atoms with Gasteiger partial charge < -0.3 is 15.4 Å². The van der Waals surface area contributed by atoms with Crippen LogP contribution < -0.4 is 15.4 Å². The molecular formula is C17H26F2N4O3S. The normalized spacial score (nSPS) is 17.3. The Bertz CT molecular complexity index is 757. The molecule has 0 aromatic heterocycles. The van der Waals surface area contributed by atoms with Gasteiger partial charge in [-0.2, -0.15) is 8.78 Å². The van der Waals surface area contributed by atoms with Gasteiger partial charge in [-0.15, -0.1) is 0 Å². The molecule has 7 nitrogen and oxygen atoms in total. The SMILES string of the molecule is CCNC(=NCc1cc(C)ccc1OC(F)F)NCCN1CCCS1(=O)=O. The van der Waals surface area contributed by atoms with Crippen LogP contribution in [0, 0.1) is 6.92 Å². The number of guanidine groups is 1. The number of hydrogen-bond donors (Lipinski definition) is 2. The number of ether oxygens (including phenoxy) is 1. The molecule has 1 aliphatic rings. The molecule has 2 rings (SSSR count). The van der Waals surface area contributed by atoms with E-state index in [-0.39, 0.29) is 18.0 Å². The Morgan fingerprint density at radius 1 is 1.37 bits per heavy atom. The van der Waals surface area contributed by atoms with Gasteiger partial charge >= 0.3 is 6.61 Å². The number of rotatable bonds is 8. The van der Waals surface area contributed by atoms with Crippen LogP contribution in [0.3, 0.4) is 0 Å². The first kappa shape index (κ1) is 21.4. The molecule has 0 amide bonds. The Morgan fingerprint density at radius 3 is 2.78 bits per heavy atom. The van der Waals surface area contributed by atoms with Gasteiger partial charge in [0.2, 0.25) is 10.0 Å². The minimum atomic E-state index is -3.13. The van der Waals surface area contributed by atoms with Crippen molar-refractivity contribution in [2.24, 2.45) is 4.99 Å². The fourth-order valence-corrected chi connectivity index (χ4v) is 4.32. The van der Waals surface area contributed by atoms with E-state index < -0.39 is 16.6 Å². The monoisotopic (exact) mass is 404 g/mol. The molecule has 2 N–H and O–H groups in total. The Kier molecular flexibility index (Phi) is 7.78. The molecule has 1 heterocycles. The zero-order valence-corrected chi connectivity index (χ0v) is 16.4. The fraction of sp³-hybridized carbons (Fsp3) is 0.588. The lowest BCUT2D eigenvalue weighted by Crippen LogP contribution is -2.42. The summed E-state index contributed by atoms with van der Waals surface area (Å²) in [5.74, 6) is 0.776. The molecule has 0 bridgehead atoms. The first-order valence-electron chi connectivity index (χ1n) is 8.86. The smallest absolute Gasteiger partial charge is 0.387 e. The summed E-state index contributed by atoms with van der Waals surface area (Å²) in [6.07, 6.45) is 0.650. The lowest BCUT2D eigenvalue weighted by atomic mass is 10.1. The van der Waals surface area contributed by atoms with E-state index in [1.165, 1.54) is 10.4 Å². The molecule has 152 valence electrons. The molecule has 0 saturated carbocycles. The van der Waals surface area contributed by atoms with Crippen LogP contribution in [0.2, 0.25) is 0 Å². The number of nitrogens with one attached hydrogen (secondary N) is 2. The van der Waals surface area contributed by atoms with Gasteiger partial charge in [-0.1, -0.05) is 17.7 Å². The highest BCUT2D eigenvalue weighted by Crippen LogP contribution is 2.22. The van der Waals surface area contributed by atoms with E-state index >= 15 is 0 Å². The number of halogens is 2. The van der Waals surface area contributed by atoms with Crippen molar-refractivity contribution in [2.75, 3.05) is 31.9 Å². The van der Waals surface area contributed by atoms with Crippen LogP contribution in [0.5, 0.6) is 5.75 Å². The van der Waals surface area contributed by atoms with Gasteiger partial charge in [-0.25, -0.2) is 17.7 Å². The predicted molar refractivity (Wildman–Crippen MR) is 101 cm³/mol. The number of alkyl halides is 2. The molecule has 0 atom stereocenters. The lowest BCUT2D eigenvalue weighted by molar-refractivity contribution is -0.0504. The Hall–Kier alpha value is -1.94. The highest BCUT2D eigenvalue weighted by molar-refractivity contribution is 7.89. The molecule has 27 heavy (non-hydrogen) atoms. The largest absolute Gasteiger partial charge is 0.434 e. The molecule has 1 aliphatic heterocycles. The van der Waals surface area contributed by atoms with Gasteiger partial charge in [-0.05, 0) is 26.3 Å². The lowest BCUT2D eigenvalue weighted by Gasteiger charge is -2.17. The topological polar surface area (TPSA) is 83.0 Å². The van der Waals surface area contributed by atoms with Crippen LogP contribution >= 0.6 is 0 Å². The van der Waals surface area contributed by atoms with Crippen molar-refractivity contribution in [3.05, 3.63) is 29.3 Å². The summed E-state index contributed by atoms with van der Waals surface area (Å²) >= 11 is 0. The van der Waals surface area contributed by atoms with E-state index in [0.717, 1.165) is 5.56 Å². The molecule has 10 heteroatoms. The van der Waals surface area contributed by atoms with Crippen molar-refractivity contribution >= 4 is 16.0 Å². The summed E-state index contributed by atoms with van der Waals surface area (Å²) in [5, 5.41) is 6.13. The van der Waals surface area contributed by atoms with Crippen LogP contribution in [0.25, 0.3) is 0 Å². The highest BCUT2D eigenvalue weighted by atomic mass is 32.2. The molecular weight excluding hydrogens is 378 g/mol. The van der Waals surface area contributed by atoms with E-state index in [4.69, 9.17) is 0 Å². The zero-order valence-electron chi connectivity index (χ0n) is 15.5.